The molecular formula is C16H16O4. The first-order valence-corrected chi connectivity index (χ1v) is 6.23. The summed E-state index contributed by atoms with van der Waals surface area (Å²) in [4.78, 5) is 10.8. The van der Waals surface area contributed by atoms with Crippen molar-refractivity contribution in [3.63, 3.8) is 0 Å². The summed E-state index contributed by atoms with van der Waals surface area (Å²) >= 11 is 0. The third kappa shape index (κ3) is 3.36. The van der Waals surface area contributed by atoms with Crippen LogP contribution in [0.25, 0.3) is 0 Å². The minimum atomic E-state index is -0.291. The van der Waals surface area contributed by atoms with E-state index >= 15 is 0 Å². The van der Waals surface area contributed by atoms with E-state index in [4.69, 9.17) is 9.84 Å². The molecule has 0 atom stereocenters. The molecule has 0 saturated carbocycles. The van der Waals surface area contributed by atoms with Crippen molar-refractivity contribution in [3.8, 4) is 5.75 Å². The fraction of sp³-hybridized carbons (Fsp3) is 0.188. The van der Waals surface area contributed by atoms with E-state index in [2.05, 4.69) is 4.74 Å². The lowest BCUT2D eigenvalue weighted by Crippen LogP contribution is -2.09. The van der Waals surface area contributed by atoms with Crippen molar-refractivity contribution < 1.29 is 19.4 Å². The molecule has 1 heterocycles. The molecule has 1 N–H and O–H groups in total. The van der Waals surface area contributed by atoms with Gasteiger partial charge < -0.3 is 14.6 Å². The Kier molecular flexibility index (Phi) is 4.74. The van der Waals surface area contributed by atoms with Gasteiger partial charge in [-0.15, -0.1) is 0 Å². The van der Waals surface area contributed by atoms with Gasteiger partial charge in [-0.25, -0.2) is 4.79 Å². The van der Waals surface area contributed by atoms with Gasteiger partial charge in [0.25, 0.3) is 0 Å². The highest BCUT2D eigenvalue weighted by Gasteiger charge is 2.13. The average Bonchev–Trinajstić information content (AvgIpc) is 2.49. The van der Waals surface area contributed by atoms with Crippen LogP contribution in [0, 0.1) is 0 Å². The summed E-state index contributed by atoms with van der Waals surface area (Å²) in [6.45, 7) is 0.817. The van der Waals surface area contributed by atoms with Gasteiger partial charge in [0.05, 0.1) is 19.3 Å². The van der Waals surface area contributed by atoms with Crippen molar-refractivity contribution in [1.82, 2.24) is 0 Å². The van der Waals surface area contributed by atoms with E-state index in [1.165, 1.54) is 12.7 Å². The first kappa shape index (κ1) is 14.1. The van der Waals surface area contributed by atoms with Crippen LogP contribution >= 0.6 is 0 Å². The molecule has 2 aromatic rings. The number of fused-ring (bicyclic) bond motifs is 1. The molecule has 0 amide bonds. The molecule has 4 nitrogen and oxygen atoms in total. The van der Waals surface area contributed by atoms with Gasteiger partial charge in [-0.2, -0.15) is 0 Å². The zero-order chi connectivity index (χ0) is 14.4. The van der Waals surface area contributed by atoms with Gasteiger partial charge in [0.15, 0.2) is 0 Å². The second-order valence-corrected chi connectivity index (χ2v) is 4.25. The minimum absolute atomic E-state index is 0.0939. The van der Waals surface area contributed by atoms with Crippen LogP contribution in [-0.2, 0) is 18.0 Å². The van der Waals surface area contributed by atoms with Crippen molar-refractivity contribution in [1.29, 1.82) is 0 Å². The van der Waals surface area contributed by atoms with Crippen molar-refractivity contribution in [2.24, 2.45) is 0 Å². The zero-order valence-corrected chi connectivity index (χ0v) is 11.2. The van der Waals surface area contributed by atoms with Crippen LogP contribution in [-0.4, -0.2) is 18.2 Å². The number of carbonyl (C=O) groups is 1. The number of hydrogen-bond donors (Lipinski definition) is 1. The summed E-state index contributed by atoms with van der Waals surface area (Å²) in [6.07, 6.45) is 0. The topological polar surface area (TPSA) is 55.8 Å². The number of carbonyl (C=O) groups excluding carboxylic acids is 1. The lowest BCUT2D eigenvalue weighted by atomic mass is 10.1. The molecule has 4 heteroatoms. The number of aliphatic hydroxyl groups is 1. The molecule has 0 saturated heterocycles. The second-order valence-electron chi connectivity index (χ2n) is 4.25. The van der Waals surface area contributed by atoms with Crippen molar-refractivity contribution in [2.45, 2.75) is 13.2 Å². The molecule has 1 aliphatic heterocycles. The Hall–Kier alpha value is -2.33. The summed E-state index contributed by atoms with van der Waals surface area (Å²) in [6, 6.07) is 14.7. The van der Waals surface area contributed by atoms with E-state index in [-0.39, 0.29) is 12.6 Å². The van der Waals surface area contributed by atoms with E-state index < -0.39 is 0 Å². The van der Waals surface area contributed by atoms with E-state index in [1.807, 2.05) is 24.3 Å². The third-order valence-corrected chi connectivity index (χ3v) is 2.89. The van der Waals surface area contributed by atoms with Crippen LogP contribution in [0.15, 0.2) is 48.5 Å². The highest BCUT2D eigenvalue weighted by Crippen LogP contribution is 2.29. The molecular weight excluding hydrogens is 256 g/mol. The fourth-order valence-electron chi connectivity index (χ4n) is 1.72. The maximum absolute atomic E-state index is 10.8. The normalized spacial score (nSPS) is 11.1. The predicted octanol–water partition coefficient (Wildman–Crippen LogP) is 2.54. The number of benzene rings is 2. The lowest BCUT2D eigenvalue weighted by Gasteiger charge is -2.20. The molecule has 0 fully saturated rings. The van der Waals surface area contributed by atoms with Crippen LogP contribution < -0.4 is 4.74 Å². The molecule has 0 aromatic heterocycles. The molecule has 20 heavy (non-hydrogen) atoms. The Morgan fingerprint density at radius 1 is 1.25 bits per heavy atom. The Balaban J connectivity index is 0.000000147. The van der Waals surface area contributed by atoms with Gasteiger partial charge in [-0.05, 0) is 23.8 Å². The van der Waals surface area contributed by atoms with Gasteiger partial charge >= 0.3 is 5.97 Å². The maximum atomic E-state index is 10.8. The van der Waals surface area contributed by atoms with Crippen molar-refractivity contribution in [3.05, 3.63) is 65.2 Å². The SMILES string of the molecule is COC(=O)c1ccccc1.OCc1ccc2c(c1)OC2. The fourth-order valence-corrected chi connectivity index (χ4v) is 1.72. The average molecular weight is 272 g/mol. The molecule has 1 aliphatic rings. The number of methoxy groups -OCH3 is 1. The highest BCUT2D eigenvalue weighted by atomic mass is 16.5. The smallest absolute Gasteiger partial charge is 0.337 e. The number of esters is 1. The van der Waals surface area contributed by atoms with Crippen LogP contribution in [0.1, 0.15) is 21.5 Å². The van der Waals surface area contributed by atoms with Gasteiger partial charge in [-0.1, -0.05) is 30.3 Å². The minimum Gasteiger partial charge on any atom is -0.488 e. The van der Waals surface area contributed by atoms with E-state index in [1.54, 1.807) is 24.3 Å². The summed E-state index contributed by atoms with van der Waals surface area (Å²) in [5, 5.41) is 8.72. The molecule has 0 bridgehead atoms. The monoisotopic (exact) mass is 272 g/mol. The Morgan fingerprint density at radius 2 is 2.00 bits per heavy atom. The van der Waals surface area contributed by atoms with Crippen LogP contribution in [0.4, 0.5) is 0 Å². The van der Waals surface area contributed by atoms with Crippen LogP contribution in [0.2, 0.25) is 0 Å². The molecule has 0 aliphatic carbocycles. The van der Waals surface area contributed by atoms with Crippen molar-refractivity contribution >= 4 is 5.97 Å². The molecule has 3 rings (SSSR count). The quantitative estimate of drug-likeness (QED) is 0.854. The van der Waals surface area contributed by atoms with Crippen molar-refractivity contribution in [2.75, 3.05) is 7.11 Å². The van der Waals surface area contributed by atoms with Gasteiger partial charge in [0.2, 0.25) is 0 Å². The van der Waals surface area contributed by atoms with Gasteiger partial charge in [-0.3, -0.25) is 0 Å². The summed E-state index contributed by atoms with van der Waals surface area (Å²) in [7, 11) is 1.37. The first-order chi connectivity index (χ1) is 9.74. The van der Waals surface area contributed by atoms with Gasteiger partial charge in [0.1, 0.15) is 12.4 Å². The number of ether oxygens (including phenoxy) is 2. The number of aliphatic hydroxyl groups excluding tert-OH is 1. The van der Waals surface area contributed by atoms with Gasteiger partial charge in [0, 0.05) is 5.56 Å². The summed E-state index contributed by atoms with van der Waals surface area (Å²) < 4.78 is 9.60. The van der Waals surface area contributed by atoms with E-state index in [0.29, 0.717) is 5.56 Å². The number of hydrogen-bond acceptors (Lipinski definition) is 4. The molecule has 2 aromatic carbocycles. The maximum Gasteiger partial charge on any atom is 0.337 e. The summed E-state index contributed by atoms with van der Waals surface area (Å²) in [5.41, 5.74) is 2.74. The molecule has 104 valence electrons. The predicted molar refractivity (Wildman–Crippen MR) is 74.5 cm³/mol. The largest absolute Gasteiger partial charge is 0.488 e. The van der Waals surface area contributed by atoms with E-state index in [9.17, 15) is 4.79 Å². The standard InChI is InChI=1S/2C8H8O2/c9-4-6-1-2-7-5-10-8(7)3-6;1-10-8(9)7-5-3-2-4-6-7/h1-3,9H,4-5H2;2-6H,1H3. The van der Waals surface area contributed by atoms with Crippen LogP contribution in [0.5, 0.6) is 5.75 Å². The van der Waals surface area contributed by atoms with Crippen LogP contribution in [0.3, 0.4) is 0 Å². The Morgan fingerprint density at radius 3 is 2.50 bits per heavy atom. The highest BCUT2D eigenvalue weighted by molar-refractivity contribution is 5.89. The second kappa shape index (κ2) is 6.73. The number of rotatable bonds is 2. The molecule has 0 radical (unpaired) electrons. The Bertz CT molecular complexity index is 578. The molecule has 0 unspecified atom stereocenters. The first-order valence-electron chi connectivity index (χ1n) is 6.23. The molecule has 0 spiro atoms. The zero-order valence-electron chi connectivity index (χ0n) is 11.2. The third-order valence-electron chi connectivity index (χ3n) is 2.89. The summed E-state index contributed by atoms with van der Waals surface area (Å²) in [5.74, 6) is 0.632. The Labute approximate surface area is 117 Å². The van der Waals surface area contributed by atoms with E-state index in [0.717, 1.165) is 17.9 Å². The lowest BCUT2D eigenvalue weighted by molar-refractivity contribution is 0.0600.